The third-order valence-corrected chi connectivity index (χ3v) is 3.66. The van der Waals surface area contributed by atoms with Gasteiger partial charge in [-0.25, -0.2) is 0 Å². The minimum absolute atomic E-state index is 0.0554. The van der Waals surface area contributed by atoms with Crippen LogP contribution in [-0.2, 0) is 11.8 Å². The van der Waals surface area contributed by atoms with Crippen molar-refractivity contribution in [1.29, 1.82) is 0 Å². The molecule has 6 heteroatoms. The molecule has 0 radical (unpaired) electrons. The fourth-order valence-electron chi connectivity index (χ4n) is 1.67. The average molecular weight is 227 g/mol. The highest BCUT2D eigenvalue weighted by Crippen LogP contribution is 2.33. The summed E-state index contributed by atoms with van der Waals surface area (Å²) in [5.74, 6) is -0.180. The molecule has 1 saturated heterocycles. The van der Waals surface area contributed by atoms with E-state index in [0.717, 1.165) is 11.3 Å². The minimum atomic E-state index is -0.786. The van der Waals surface area contributed by atoms with Gasteiger partial charge >= 0.3 is 5.97 Å². The number of hydrogen-bond donors (Lipinski definition) is 2. The normalized spacial score (nSPS) is 25.7. The number of aryl methyl sites for hydroxylation is 2. The largest absolute Gasteiger partial charge is 0.480 e. The number of carbonyl (C=O) groups is 1. The maximum absolute atomic E-state index is 10.8. The van der Waals surface area contributed by atoms with Crippen LogP contribution in [-0.4, -0.2) is 32.7 Å². The van der Waals surface area contributed by atoms with Gasteiger partial charge in [0.1, 0.15) is 6.04 Å². The van der Waals surface area contributed by atoms with Gasteiger partial charge in [0.25, 0.3) is 0 Å². The van der Waals surface area contributed by atoms with Gasteiger partial charge in [-0.3, -0.25) is 14.8 Å². The highest BCUT2D eigenvalue weighted by atomic mass is 32.2. The second-order valence-corrected chi connectivity index (χ2v) is 4.75. The summed E-state index contributed by atoms with van der Waals surface area (Å²) in [6.45, 7) is 1.94. The number of carboxylic acid groups (broad SMARTS) is 1. The Morgan fingerprint density at radius 3 is 3.00 bits per heavy atom. The second-order valence-electron chi connectivity index (χ2n) is 3.61. The van der Waals surface area contributed by atoms with Gasteiger partial charge in [0.15, 0.2) is 0 Å². The third-order valence-electron chi connectivity index (χ3n) is 2.41. The fraction of sp³-hybridized carbons (Fsp3) is 0.556. The second kappa shape index (κ2) is 3.86. The number of thioether (sulfide) groups is 1. The molecule has 0 bridgehead atoms. The Labute approximate surface area is 91.9 Å². The first-order valence-electron chi connectivity index (χ1n) is 4.68. The SMILES string of the molecule is Cc1nn(C)cc1C1NC(C(=O)O)CS1. The molecule has 0 saturated carbocycles. The van der Waals surface area contributed by atoms with Crippen molar-refractivity contribution in [3.8, 4) is 0 Å². The van der Waals surface area contributed by atoms with E-state index in [1.807, 2.05) is 20.2 Å². The summed E-state index contributed by atoms with van der Waals surface area (Å²) >= 11 is 1.61. The van der Waals surface area contributed by atoms with Crippen LogP contribution in [0.5, 0.6) is 0 Å². The number of rotatable bonds is 2. The molecule has 1 aromatic rings. The summed E-state index contributed by atoms with van der Waals surface area (Å²) in [6, 6.07) is -0.445. The molecule has 0 amide bonds. The fourth-order valence-corrected chi connectivity index (χ4v) is 2.96. The zero-order chi connectivity index (χ0) is 11.0. The molecule has 1 aliphatic rings. The summed E-state index contributed by atoms with van der Waals surface area (Å²) in [5.41, 5.74) is 2.03. The van der Waals surface area contributed by atoms with Crippen molar-refractivity contribution in [3.63, 3.8) is 0 Å². The molecule has 82 valence electrons. The van der Waals surface area contributed by atoms with E-state index in [1.54, 1.807) is 16.4 Å². The van der Waals surface area contributed by atoms with Gasteiger partial charge in [-0.05, 0) is 6.92 Å². The lowest BCUT2D eigenvalue weighted by Gasteiger charge is -2.09. The Balaban J connectivity index is 2.14. The molecule has 2 unspecified atom stereocenters. The molecule has 1 aromatic heterocycles. The lowest BCUT2D eigenvalue weighted by Crippen LogP contribution is -2.33. The van der Waals surface area contributed by atoms with E-state index >= 15 is 0 Å². The molecular weight excluding hydrogens is 214 g/mol. The topological polar surface area (TPSA) is 67.2 Å². The van der Waals surface area contributed by atoms with Crippen LogP contribution in [0.1, 0.15) is 16.6 Å². The predicted octanol–water partition coefficient (Wildman–Crippen LogP) is 0.517. The van der Waals surface area contributed by atoms with Gasteiger partial charge in [0.2, 0.25) is 0 Å². The van der Waals surface area contributed by atoms with E-state index in [4.69, 9.17) is 5.11 Å². The zero-order valence-corrected chi connectivity index (χ0v) is 9.41. The monoisotopic (exact) mass is 227 g/mol. The number of nitrogens with one attached hydrogen (secondary N) is 1. The summed E-state index contributed by atoms with van der Waals surface area (Å²) in [4.78, 5) is 10.8. The lowest BCUT2D eigenvalue weighted by molar-refractivity contribution is -0.138. The van der Waals surface area contributed by atoms with Gasteiger partial charge in [-0.2, -0.15) is 5.10 Å². The van der Waals surface area contributed by atoms with E-state index < -0.39 is 12.0 Å². The van der Waals surface area contributed by atoms with Crippen LogP contribution in [0.4, 0.5) is 0 Å². The van der Waals surface area contributed by atoms with Gasteiger partial charge in [-0.15, -0.1) is 11.8 Å². The van der Waals surface area contributed by atoms with Crippen LogP contribution in [0, 0.1) is 6.92 Å². The molecule has 2 heterocycles. The van der Waals surface area contributed by atoms with Crippen molar-refractivity contribution in [2.45, 2.75) is 18.3 Å². The molecule has 0 spiro atoms. The van der Waals surface area contributed by atoms with E-state index in [1.165, 1.54) is 0 Å². The molecule has 5 nitrogen and oxygen atoms in total. The maximum Gasteiger partial charge on any atom is 0.321 e. The van der Waals surface area contributed by atoms with E-state index in [2.05, 4.69) is 10.4 Å². The molecule has 0 aromatic carbocycles. The predicted molar refractivity (Wildman–Crippen MR) is 57.7 cm³/mol. The number of hydrogen-bond acceptors (Lipinski definition) is 4. The molecule has 15 heavy (non-hydrogen) atoms. The molecule has 2 N–H and O–H groups in total. The van der Waals surface area contributed by atoms with Crippen molar-refractivity contribution >= 4 is 17.7 Å². The third kappa shape index (κ3) is 2.00. The van der Waals surface area contributed by atoms with Crippen LogP contribution in [0.3, 0.4) is 0 Å². The Hall–Kier alpha value is -1.01. The van der Waals surface area contributed by atoms with Crippen LogP contribution >= 0.6 is 11.8 Å². The van der Waals surface area contributed by atoms with Crippen LogP contribution in [0.15, 0.2) is 6.20 Å². The first-order chi connectivity index (χ1) is 7.08. The Kier molecular flexibility index (Phi) is 2.70. The molecular formula is C9H13N3O2S. The number of aliphatic carboxylic acids is 1. The quantitative estimate of drug-likeness (QED) is 0.771. The van der Waals surface area contributed by atoms with Crippen LogP contribution < -0.4 is 5.32 Å². The van der Waals surface area contributed by atoms with Crippen LogP contribution in [0.2, 0.25) is 0 Å². The number of aromatic nitrogens is 2. The van der Waals surface area contributed by atoms with Crippen LogP contribution in [0.25, 0.3) is 0 Å². The van der Waals surface area contributed by atoms with Crippen molar-refractivity contribution in [2.24, 2.45) is 7.05 Å². The summed E-state index contributed by atoms with van der Waals surface area (Å²) in [6.07, 6.45) is 1.93. The maximum atomic E-state index is 10.8. The zero-order valence-electron chi connectivity index (χ0n) is 8.60. The van der Waals surface area contributed by atoms with Gasteiger partial charge in [-0.1, -0.05) is 0 Å². The summed E-state index contributed by atoms with van der Waals surface area (Å²) in [7, 11) is 1.87. The molecule has 1 fully saturated rings. The van der Waals surface area contributed by atoms with Gasteiger partial charge in [0, 0.05) is 24.6 Å². The number of carboxylic acids is 1. The van der Waals surface area contributed by atoms with Crippen molar-refractivity contribution in [2.75, 3.05) is 5.75 Å². The highest BCUT2D eigenvalue weighted by molar-refractivity contribution is 7.99. The average Bonchev–Trinajstić information content (AvgIpc) is 2.71. The summed E-state index contributed by atoms with van der Waals surface area (Å²) in [5, 5.41) is 16.2. The van der Waals surface area contributed by atoms with Gasteiger partial charge in [0.05, 0.1) is 11.1 Å². The summed E-state index contributed by atoms with van der Waals surface area (Å²) < 4.78 is 1.75. The van der Waals surface area contributed by atoms with Crippen molar-refractivity contribution < 1.29 is 9.90 Å². The highest BCUT2D eigenvalue weighted by Gasteiger charge is 2.31. The lowest BCUT2D eigenvalue weighted by atomic mass is 10.2. The number of nitrogens with zero attached hydrogens (tertiary/aromatic N) is 2. The molecule has 2 atom stereocenters. The Morgan fingerprint density at radius 2 is 2.53 bits per heavy atom. The first-order valence-corrected chi connectivity index (χ1v) is 5.73. The van der Waals surface area contributed by atoms with Crippen molar-refractivity contribution in [3.05, 3.63) is 17.5 Å². The Bertz CT molecular complexity index is 391. The van der Waals surface area contributed by atoms with E-state index in [0.29, 0.717) is 5.75 Å². The standard InChI is InChI=1S/C9H13N3O2S/c1-5-6(3-12(2)11-5)8-10-7(4-15-8)9(13)14/h3,7-8,10H,4H2,1-2H3,(H,13,14). The minimum Gasteiger partial charge on any atom is -0.480 e. The van der Waals surface area contributed by atoms with Gasteiger partial charge < -0.3 is 5.11 Å². The first kappa shape index (κ1) is 10.5. The van der Waals surface area contributed by atoms with E-state index in [9.17, 15) is 4.79 Å². The molecule has 1 aliphatic heterocycles. The van der Waals surface area contributed by atoms with E-state index in [-0.39, 0.29) is 5.37 Å². The van der Waals surface area contributed by atoms with Crippen molar-refractivity contribution in [1.82, 2.24) is 15.1 Å². The smallest absolute Gasteiger partial charge is 0.321 e. The molecule has 2 rings (SSSR count). The Morgan fingerprint density at radius 1 is 1.80 bits per heavy atom. The molecule has 0 aliphatic carbocycles.